The lowest BCUT2D eigenvalue weighted by molar-refractivity contribution is 0.0936. The number of nitrogens with one attached hydrogen (secondary N) is 1. The first-order chi connectivity index (χ1) is 9.06. The molecule has 1 amide bonds. The highest BCUT2D eigenvalue weighted by atomic mass is 35.5. The number of aromatic hydroxyl groups is 1. The smallest absolute Gasteiger partial charge is 0.253 e. The van der Waals surface area contributed by atoms with Crippen molar-refractivity contribution in [2.45, 2.75) is 19.5 Å². The first-order valence-corrected chi connectivity index (χ1v) is 6.19. The van der Waals surface area contributed by atoms with Gasteiger partial charge in [-0.15, -0.1) is 0 Å². The molecule has 0 bridgehead atoms. The lowest BCUT2D eigenvalue weighted by Gasteiger charge is -2.15. The Bertz CT molecular complexity index is 569. The summed E-state index contributed by atoms with van der Waals surface area (Å²) in [6.45, 7) is 2.50. The van der Waals surface area contributed by atoms with Crippen LogP contribution in [-0.2, 0) is 6.54 Å². The summed E-state index contributed by atoms with van der Waals surface area (Å²) in [5, 5.41) is 12.5. The number of amides is 1. The van der Waals surface area contributed by atoms with Gasteiger partial charge in [-0.25, -0.2) is 4.98 Å². The van der Waals surface area contributed by atoms with Crippen molar-refractivity contribution >= 4 is 17.5 Å². The minimum absolute atomic E-state index is 0.0109. The molecule has 2 rings (SSSR count). The summed E-state index contributed by atoms with van der Waals surface area (Å²) >= 11 is 5.93. The van der Waals surface area contributed by atoms with E-state index in [1.54, 1.807) is 12.5 Å². The molecule has 0 aliphatic carbocycles. The molecule has 0 radical (unpaired) electrons. The zero-order valence-electron chi connectivity index (χ0n) is 10.4. The summed E-state index contributed by atoms with van der Waals surface area (Å²) < 4.78 is 1.87. The highest BCUT2D eigenvalue weighted by Crippen LogP contribution is 2.21. The van der Waals surface area contributed by atoms with Crippen LogP contribution in [0.15, 0.2) is 36.9 Å². The summed E-state index contributed by atoms with van der Waals surface area (Å²) in [4.78, 5) is 16.0. The number of halogens is 1. The van der Waals surface area contributed by atoms with Gasteiger partial charge in [0.25, 0.3) is 5.91 Å². The van der Waals surface area contributed by atoms with Crippen LogP contribution in [0.4, 0.5) is 0 Å². The molecule has 0 spiro atoms. The fourth-order valence-corrected chi connectivity index (χ4v) is 1.95. The van der Waals surface area contributed by atoms with Gasteiger partial charge in [0.15, 0.2) is 0 Å². The van der Waals surface area contributed by atoms with Gasteiger partial charge in [0.05, 0.1) is 16.9 Å². The number of hydrogen-bond donors (Lipinski definition) is 2. The number of phenols is 1. The van der Waals surface area contributed by atoms with Crippen LogP contribution in [0.5, 0.6) is 5.75 Å². The SMILES string of the molecule is CC(Cn1ccnc1)NC(=O)c1cc(O)ccc1Cl. The molecule has 0 fully saturated rings. The summed E-state index contributed by atoms with van der Waals surface area (Å²) in [5.41, 5.74) is 0.263. The average molecular weight is 280 g/mol. The van der Waals surface area contributed by atoms with Crippen molar-refractivity contribution < 1.29 is 9.90 Å². The Morgan fingerprint density at radius 1 is 1.58 bits per heavy atom. The van der Waals surface area contributed by atoms with Gasteiger partial charge in [0.2, 0.25) is 0 Å². The molecule has 6 heteroatoms. The van der Waals surface area contributed by atoms with Crippen molar-refractivity contribution in [2.75, 3.05) is 0 Å². The van der Waals surface area contributed by atoms with E-state index >= 15 is 0 Å². The molecule has 0 aliphatic heterocycles. The molecule has 1 heterocycles. The molecule has 100 valence electrons. The molecule has 1 aromatic carbocycles. The molecule has 2 N–H and O–H groups in total. The Morgan fingerprint density at radius 2 is 2.37 bits per heavy atom. The normalized spacial score (nSPS) is 12.1. The number of carbonyl (C=O) groups excluding carboxylic acids is 1. The van der Waals surface area contributed by atoms with Crippen LogP contribution in [0, 0.1) is 0 Å². The fourth-order valence-electron chi connectivity index (χ4n) is 1.75. The predicted molar refractivity (Wildman–Crippen MR) is 72.3 cm³/mol. The highest BCUT2D eigenvalue weighted by Gasteiger charge is 2.14. The molecule has 1 atom stereocenters. The number of imidazole rings is 1. The van der Waals surface area contributed by atoms with Gasteiger partial charge < -0.3 is 15.0 Å². The van der Waals surface area contributed by atoms with Crippen molar-refractivity contribution in [3.05, 3.63) is 47.5 Å². The number of benzene rings is 1. The third kappa shape index (κ3) is 3.48. The van der Waals surface area contributed by atoms with Gasteiger partial charge >= 0.3 is 0 Å². The number of nitrogens with zero attached hydrogens (tertiary/aromatic N) is 2. The Kier molecular flexibility index (Phi) is 4.06. The van der Waals surface area contributed by atoms with E-state index in [0.29, 0.717) is 11.6 Å². The predicted octanol–water partition coefficient (Wildman–Crippen LogP) is 2.06. The van der Waals surface area contributed by atoms with Crippen LogP contribution < -0.4 is 5.32 Å². The van der Waals surface area contributed by atoms with Crippen LogP contribution in [0.3, 0.4) is 0 Å². The molecule has 5 nitrogen and oxygen atoms in total. The molecule has 1 unspecified atom stereocenters. The second-order valence-corrected chi connectivity index (χ2v) is 4.71. The maximum absolute atomic E-state index is 12.0. The van der Waals surface area contributed by atoms with E-state index < -0.39 is 0 Å². The van der Waals surface area contributed by atoms with Crippen molar-refractivity contribution in [1.82, 2.24) is 14.9 Å². The molecule has 19 heavy (non-hydrogen) atoms. The average Bonchev–Trinajstić information content (AvgIpc) is 2.84. The van der Waals surface area contributed by atoms with E-state index in [0.717, 1.165) is 0 Å². The molecular weight excluding hydrogens is 266 g/mol. The highest BCUT2D eigenvalue weighted by molar-refractivity contribution is 6.33. The van der Waals surface area contributed by atoms with Crippen LogP contribution in [-0.4, -0.2) is 26.6 Å². The Labute approximate surface area is 115 Å². The lowest BCUT2D eigenvalue weighted by atomic mass is 10.2. The lowest BCUT2D eigenvalue weighted by Crippen LogP contribution is -2.35. The number of hydrogen-bond acceptors (Lipinski definition) is 3. The van der Waals surface area contributed by atoms with Crippen LogP contribution in [0.25, 0.3) is 0 Å². The summed E-state index contributed by atoms with van der Waals surface area (Å²) in [6.07, 6.45) is 5.19. The number of aromatic nitrogens is 2. The third-order valence-electron chi connectivity index (χ3n) is 2.62. The van der Waals surface area contributed by atoms with E-state index in [9.17, 15) is 9.90 Å². The van der Waals surface area contributed by atoms with Gasteiger partial charge in [-0.2, -0.15) is 0 Å². The summed E-state index contributed by atoms with van der Waals surface area (Å²) in [7, 11) is 0. The zero-order chi connectivity index (χ0) is 13.8. The third-order valence-corrected chi connectivity index (χ3v) is 2.95. The fraction of sp³-hybridized carbons (Fsp3) is 0.231. The minimum Gasteiger partial charge on any atom is -0.508 e. The molecule has 1 aromatic heterocycles. The van der Waals surface area contributed by atoms with Crippen molar-refractivity contribution in [1.29, 1.82) is 0 Å². The van der Waals surface area contributed by atoms with Gasteiger partial charge in [-0.1, -0.05) is 11.6 Å². The Hall–Kier alpha value is -2.01. The monoisotopic (exact) mass is 279 g/mol. The number of carbonyl (C=O) groups is 1. The first-order valence-electron chi connectivity index (χ1n) is 5.81. The Balaban J connectivity index is 2.02. The topological polar surface area (TPSA) is 67.2 Å². The van der Waals surface area contributed by atoms with Gasteiger partial charge in [-0.3, -0.25) is 4.79 Å². The van der Waals surface area contributed by atoms with Crippen LogP contribution >= 0.6 is 11.6 Å². The van der Waals surface area contributed by atoms with Gasteiger partial charge in [-0.05, 0) is 25.1 Å². The molecule has 0 saturated carbocycles. The van der Waals surface area contributed by atoms with E-state index in [1.807, 2.05) is 17.7 Å². The summed E-state index contributed by atoms with van der Waals surface area (Å²) in [6, 6.07) is 4.20. The maximum atomic E-state index is 12.0. The quantitative estimate of drug-likeness (QED) is 0.900. The van der Waals surface area contributed by atoms with Crippen molar-refractivity contribution in [3.63, 3.8) is 0 Å². The van der Waals surface area contributed by atoms with Gasteiger partial charge in [0, 0.05) is 25.0 Å². The van der Waals surface area contributed by atoms with E-state index in [1.165, 1.54) is 18.2 Å². The van der Waals surface area contributed by atoms with Crippen molar-refractivity contribution in [3.8, 4) is 5.75 Å². The van der Waals surface area contributed by atoms with Crippen LogP contribution in [0.1, 0.15) is 17.3 Å². The van der Waals surface area contributed by atoms with E-state index in [2.05, 4.69) is 10.3 Å². The van der Waals surface area contributed by atoms with Crippen molar-refractivity contribution in [2.24, 2.45) is 0 Å². The van der Waals surface area contributed by atoms with Gasteiger partial charge in [0.1, 0.15) is 5.75 Å². The van der Waals surface area contributed by atoms with Crippen LogP contribution in [0.2, 0.25) is 5.02 Å². The van der Waals surface area contributed by atoms with E-state index in [4.69, 9.17) is 11.6 Å². The number of rotatable bonds is 4. The first kappa shape index (κ1) is 13.4. The molecule has 2 aromatic rings. The standard InChI is InChI=1S/C13H14ClN3O2/c1-9(7-17-5-4-15-8-17)16-13(19)11-6-10(18)2-3-12(11)14/h2-6,8-9,18H,7H2,1H3,(H,16,19). The molecule has 0 aliphatic rings. The number of phenolic OH excluding ortho intramolecular Hbond substituents is 1. The molecular formula is C13H14ClN3O2. The second kappa shape index (κ2) is 5.75. The second-order valence-electron chi connectivity index (χ2n) is 4.30. The zero-order valence-corrected chi connectivity index (χ0v) is 11.1. The van der Waals surface area contributed by atoms with E-state index in [-0.39, 0.29) is 23.3 Å². The summed E-state index contributed by atoms with van der Waals surface area (Å²) in [5.74, 6) is -0.301. The largest absolute Gasteiger partial charge is 0.508 e. The molecule has 0 saturated heterocycles. The minimum atomic E-state index is -0.312. The Morgan fingerprint density at radius 3 is 3.05 bits per heavy atom. The maximum Gasteiger partial charge on any atom is 0.253 e.